The van der Waals surface area contributed by atoms with Crippen LogP contribution in [0, 0.1) is 21.6 Å². The van der Waals surface area contributed by atoms with Gasteiger partial charge in [0.25, 0.3) is 0 Å². The summed E-state index contributed by atoms with van der Waals surface area (Å²) in [4.78, 5) is 0. The van der Waals surface area contributed by atoms with E-state index in [1.165, 1.54) is 0 Å². The average Bonchev–Trinajstić information content (AvgIpc) is 2.10. The summed E-state index contributed by atoms with van der Waals surface area (Å²) in [5.74, 6) is -1.98. The van der Waals surface area contributed by atoms with Crippen molar-refractivity contribution in [3.05, 3.63) is 22.8 Å². The molecule has 0 spiro atoms. The lowest BCUT2D eigenvalue weighted by atomic mass is 9.72. The topological polar surface area (TPSA) is 47.7 Å². The molecule has 0 unspecified atom stereocenters. The molecule has 0 aromatic carbocycles. The molecule has 2 nitrogen and oxygen atoms in total. The number of nitrogens with one attached hydrogen (secondary N) is 2. The summed E-state index contributed by atoms with van der Waals surface area (Å²) in [5.41, 5.74) is -1.89. The molecule has 0 aliphatic heterocycles. The first-order chi connectivity index (χ1) is 7.89. The van der Waals surface area contributed by atoms with Gasteiger partial charge in [0.1, 0.15) is 0 Å². The fourth-order valence-corrected chi connectivity index (χ4v) is 2.10. The van der Waals surface area contributed by atoms with Gasteiger partial charge in [-0.3, -0.25) is 10.8 Å². The van der Waals surface area contributed by atoms with E-state index >= 15 is 0 Å². The lowest BCUT2D eigenvalue weighted by Crippen LogP contribution is -2.34. The fourth-order valence-electron chi connectivity index (χ4n) is 2.10. The van der Waals surface area contributed by atoms with Crippen LogP contribution in [0.5, 0.6) is 0 Å². The van der Waals surface area contributed by atoms with E-state index in [2.05, 4.69) is 0 Å². The molecule has 0 aromatic rings. The zero-order valence-electron chi connectivity index (χ0n) is 11.8. The van der Waals surface area contributed by atoms with E-state index in [1.54, 1.807) is 41.5 Å². The van der Waals surface area contributed by atoms with Crippen molar-refractivity contribution in [2.45, 2.75) is 41.5 Å². The standard InChI is InChI=1S/C14H20F2N2/c1-13(2,3)7-9(15)10(16)8(14(4,5)6)12(18)11(7)17/h17-18H,1-6H3. The number of halogens is 2. The van der Waals surface area contributed by atoms with Crippen LogP contribution in [0.25, 0.3) is 0 Å². The Morgan fingerprint density at radius 3 is 1.06 bits per heavy atom. The highest BCUT2D eigenvalue weighted by Crippen LogP contribution is 2.42. The number of rotatable bonds is 0. The Bertz CT molecular complexity index is 437. The van der Waals surface area contributed by atoms with E-state index in [0.717, 1.165) is 0 Å². The predicted octanol–water partition coefficient (Wildman–Crippen LogP) is 4.58. The van der Waals surface area contributed by atoms with Crippen LogP contribution in [0.4, 0.5) is 8.78 Å². The molecule has 0 aromatic heterocycles. The van der Waals surface area contributed by atoms with Crippen LogP contribution in [0.3, 0.4) is 0 Å². The zero-order valence-corrected chi connectivity index (χ0v) is 11.8. The molecule has 0 radical (unpaired) electrons. The van der Waals surface area contributed by atoms with Crippen LogP contribution in [0.2, 0.25) is 0 Å². The van der Waals surface area contributed by atoms with Crippen molar-refractivity contribution in [3.8, 4) is 0 Å². The fraction of sp³-hybridized carbons (Fsp3) is 0.571. The van der Waals surface area contributed by atoms with Crippen molar-refractivity contribution in [1.82, 2.24) is 0 Å². The minimum absolute atomic E-state index is 0.0296. The van der Waals surface area contributed by atoms with E-state index in [-0.39, 0.29) is 22.6 Å². The largest absolute Gasteiger partial charge is 0.298 e. The molecule has 2 N–H and O–H groups in total. The van der Waals surface area contributed by atoms with Crippen LogP contribution < -0.4 is 0 Å². The summed E-state index contributed by atoms with van der Waals surface area (Å²) >= 11 is 0. The van der Waals surface area contributed by atoms with Crippen molar-refractivity contribution in [1.29, 1.82) is 10.8 Å². The molecule has 0 bridgehead atoms. The maximum absolute atomic E-state index is 14.2. The summed E-state index contributed by atoms with van der Waals surface area (Å²) < 4.78 is 28.3. The van der Waals surface area contributed by atoms with Gasteiger partial charge in [0.05, 0.1) is 11.4 Å². The van der Waals surface area contributed by atoms with Gasteiger partial charge >= 0.3 is 0 Å². The molecular weight excluding hydrogens is 234 g/mol. The Morgan fingerprint density at radius 2 is 0.889 bits per heavy atom. The molecule has 0 heterocycles. The highest BCUT2D eigenvalue weighted by molar-refractivity contribution is 6.53. The molecule has 4 heteroatoms. The van der Waals surface area contributed by atoms with Crippen molar-refractivity contribution in [2.75, 3.05) is 0 Å². The second-order valence-corrected chi connectivity index (χ2v) is 6.63. The van der Waals surface area contributed by atoms with E-state index in [4.69, 9.17) is 10.8 Å². The van der Waals surface area contributed by atoms with Crippen molar-refractivity contribution in [2.24, 2.45) is 10.8 Å². The Balaban J connectivity index is 3.62. The summed E-state index contributed by atoms with van der Waals surface area (Å²) in [6.45, 7) is 10.2. The van der Waals surface area contributed by atoms with Gasteiger partial charge < -0.3 is 0 Å². The normalized spacial score (nSPS) is 18.9. The monoisotopic (exact) mass is 254 g/mol. The lowest BCUT2D eigenvalue weighted by molar-refractivity contribution is 0.444. The zero-order chi connectivity index (χ0) is 14.5. The molecule has 0 saturated carbocycles. The Labute approximate surface area is 107 Å². The SMILES string of the molecule is CC(C)(C)C1=C(F)C(F)=C(C(C)(C)C)C(=N)C1=N. The summed E-state index contributed by atoms with van der Waals surface area (Å²) in [5, 5.41) is 15.8. The molecule has 18 heavy (non-hydrogen) atoms. The number of hydrogen-bond acceptors (Lipinski definition) is 2. The summed E-state index contributed by atoms with van der Waals surface area (Å²) in [7, 11) is 0. The molecule has 1 aliphatic rings. The van der Waals surface area contributed by atoms with Gasteiger partial charge in [-0.25, -0.2) is 8.78 Å². The van der Waals surface area contributed by atoms with Gasteiger partial charge in [-0.15, -0.1) is 0 Å². The number of hydrogen-bond donors (Lipinski definition) is 2. The first-order valence-electron chi connectivity index (χ1n) is 5.88. The van der Waals surface area contributed by atoms with E-state index in [1.807, 2.05) is 0 Å². The van der Waals surface area contributed by atoms with Gasteiger partial charge in [0.15, 0.2) is 11.7 Å². The summed E-state index contributed by atoms with van der Waals surface area (Å²) in [6, 6.07) is 0. The Kier molecular flexibility index (Phi) is 3.36. The third-order valence-electron chi connectivity index (χ3n) is 2.88. The quantitative estimate of drug-likeness (QED) is 0.594. The van der Waals surface area contributed by atoms with Gasteiger partial charge in [-0.1, -0.05) is 41.5 Å². The highest BCUT2D eigenvalue weighted by Gasteiger charge is 2.39. The van der Waals surface area contributed by atoms with E-state index in [0.29, 0.717) is 0 Å². The first kappa shape index (κ1) is 14.7. The van der Waals surface area contributed by atoms with Gasteiger partial charge in [0, 0.05) is 11.1 Å². The molecule has 1 rings (SSSR count). The van der Waals surface area contributed by atoms with Crippen LogP contribution >= 0.6 is 0 Å². The van der Waals surface area contributed by atoms with Gasteiger partial charge in [-0.2, -0.15) is 0 Å². The molecular formula is C14H20F2N2. The summed E-state index contributed by atoms with van der Waals surface area (Å²) in [6.07, 6.45) is 0. The Hall–Kier alpha value is -1.32. The molecule has 1 aliphatic carbocycles. The van der Waals surface area contributed by atoms with E-state index < -0.39 is 22.5 Å². The van der Waals surface area contributed by atoms with E-state index in [9.17, 15) is 8.78 Å². The smallest absolute Gasteiger partial charge is 0.165 e. The third kappa shape index (κ3) is 2.28. The Morgan fingerprint density at radius 1 is 0.667 bits per heavy atom. The minimum Gasteiger partial charge on any atom is -0.298 e. The van der Waals surface area contributed by atoms with Crippen LogP contribution in [-0.2, 0) is 0 Å². The minimum atomic E-state index is -0.992. The van der Waals surface area contributed by atoms with Crippen molar-refractivity contribution >= 4 is 11.4 Å². The van der Waals surface area contributed by atoms with Crippen molar-refractivity contribution < 1.29 is 8.78 Å². The molecule has 0 amide bonds. The predicted molar refractivity (Wildman–Crippen MR) is 70.6 cm³/mol. The van der Waals surface area contributed by atoms with Crippen LogP contribution in [0.15, 0.2) is 22.8 Å². The number of allylic oxidation sites excluding steroid dienone is 4. The van der Waals surface area contributed by atoms with Crippen molar-refractivity contribution in [3.63, 3.8) is 0 Å². The molecule has 0 fully saturated rings. The first-order valence-corrected chi connectivity index (χ1v) is 5.88. The maximum Gasteiger partial charge on any atom is 0.165 e. The average molecular weight is 254 g/mol. The third-order valence-corrected chi connectivity index (χ3v) is 2.88. The van der Waals surface area contributed by atoms with Gasteiger partial charge in [0.2, 0.25) is 0 Å². The molecule has 0 atom stereocenters. The molecule has 100 valence electrons. The second kappa shape index (κ2) is 4.11. The maximum atomic E-state index is 14.2. The van der Waals surface area contributed by atoms with Crippen LogP contribution in [0.1, 0.15) is 41.5 Å². The molecule has 0 saturated heterocycles. The second-order valence-electron chi connectivity index (χ2n) is 6.63. The van der Waals surface area contributed by atoms with Crippen LogP contribution in [-0.4, -0.2) is 11.4 Å². The lowest BCUT2D eigenvalue weighted by Gasteiger charge is -2.33. The highest BCUT2D eigenvalue weighted by atomic mass is 19.2. The van der Waals surface area contributed by atoms with Gasteiger partial charge in [-0.05, 0) is 10.8 Å².